The Balaban J connectivity index is 1.74. The maximum Gasteiger partial charge on any atom is 0.337 e. The summed E-state index contributed by atoms with van der Waals surface area (Å²) >= 11 is 0. The van der Waals surface area contributed by atoms with Crippen LogP contribution < -0.4 is 5.32 Å². The summed E-state index contributed by atoms with van der Waals surface area (Å²) in [5.74, 6) is 0.364. The minimum Gasteiger partial charge on any atom is -0.465 e. The van der Waals surface area contributed by atoms with E-state index in [2.05, 4.69) is 15.0 Å². The molecule has 1 aliphatic rings. The topological polar surface area (TPSA) is 68.3 Å². The number of amides is 1. The number of nitrogens with one attached hydrogen (secondary N) is 1. The number of methoxy groups -OCH3 is 1. The van der Waals surface area contributed by atoms with Crippen LogP contribution in [0.15, 0.2) is 18.3 Å². The van der Waals surface area contributed by atoms with Gasteiger partial charge in [-0.05, 0) is 24.5 Å². The molecule has 1 amide bonds. The first kappa shape index (κ1) is 16.5. The molecule has 1 aromatic rings. The zero-order valence-electron chi connectivity index (χ0n) is 13.1. The van der Waals surface area contributed by atoms with Gasteiger partial charge in [-0.15, -0.1) is 0 Å². The molecule has 5 heteroatoms. The number of carbonyl (C=O) groups is 2. The average molecular weight is 304 g/mol. The molecule has 1 heterocycles. The van der Waals surface area contributed by atoms with Crippen LogP contribution in [0.2, 0.25) is 0 Å². The number of aromatic nitrogens is 1. The first-order chi connectivity index (χ1) is 10.7. The molecule has 120 valence electrons. The van der Waals surface area contributed by atoms with Gasteiger partial charge in [-0.1, -0.05) is 32.1 Å². The van der Waals surface area contributed by atoms with Gasteiger partial charge in [-0.2, -0.15) is 0 Å². The summed E-state index contributed by atoms with van der Waals surface area (Å²) in [4.78, 5) is 27.5. The Morgan fingerprint density at radius 1 is 1.32 bits per heavy atom. The summed E-state index contributed by atoms with van der Waals surface area (Å²) in [5, 5.41) is 2.87. The average Bonchev–Trinajstić information content (AvgIpc) is 2.58. The van der Waals surface area contributed by atoms with Gasteiger partial charge in [0, 0.05) is 12.6 Å². The first-order valence-electron chi connectivity index (χ1n) is 7.99. The fourth-order valence-electron chi connectivity index (χ4n) is 2.91. The van der Waals surface area contributed by atoms with Crippen molar-refractivity contribution in [1.29, 1.82) is 0 Å². The summed E-state index contributed by atoms with van der Waals surface area (Å²) < 4.78 is 4.67. The quantitative estimate of drug-likeness (QED) is 0.821. The van der Waals surface area contributed by atoms with Crippen LogP contribution in [0.5, 0.6) is 0 Å². The van der Waals surface area contributed by atoms with Gasteiger partial charge < -0.3 is 10.1 Å². The third kappa shape index (κ3) is 5.13. The lowest BCUT2D eigenvalue weighted by Crippen LogP contribution is -2.24. The normalized spacial score (nSPS) is 15.3. The fraction of sp³-hybridized carbons (Fsp3) is 0.588. The second kappa shape index (κ2) is 8.51. The second-order valence-electron chi connectivity index (χ2n) is 5.85. The highest BCUT2D eigenvalue weighted by atomic mass is 16.5. The number of hydrogen-bond donors (Lipinski definition) is 1. The smallest absolute Gasteiger partial charge is 0.337 e. The number of ether oxygens (including phenoxy) is 1. The van der Waals surface area contributed by atoms with Crippen molar-refractivity contribution < 1.29 is 14.3 Å². The van der Waals surface area contributed by atoms with E-state index in [9.17, 15) is 9.59 Å². The van der Waals surface area contributed by atoms with Crippen molar-refractivity contribution in [2.75, 3.05) is 7.11 Å². The van der Waals surface area contributed by atoms with Crippen molar-refractivity contribution in [1.82, 2.24) is 10.3 Å². The Bertz CT molecular complexity index is 510. The molecule has 1 N–H and O–H groups in total. The molecular formula is C17H24N2O3. The summed E-state index contributed by atoms with van der Waals surface area (Å²) in [6.07, 6.45) is 9.56. The van der Waals surface area contributed by atoms with Gasteiger partial charge in [0.1, 0.15) is 0 Å². The SMILES string of the molecule is COC(=O)c1ccnc(CNC(=O)CCC2CCCCC2)c1. The van der Waals surface area contributed by atoms with Gasteiger partial charge in [0.2, 0.25) is 5.91 Å². The molecule has 0 unspecified atom stereocenters. The van der Waals surface area contributed by atoms with Crippen LogP contribution in [0.3, 0.4) is 0 Å². The number of carbonyl (C=O) groups excluding carboxylic acids is 2. The van der Waals surface area contributed by atoms with E-state index in [-0.39, 0.29) is 5.91 Å². The Morgan fingerprint density at radius 3 is 2.82 bits per heavy atom. The van der Waals surface area contributed by atoms with E-state index in [0.717, 1.165) is 6.42 Å². The van der Waals surface area contributed by atoms with Crippen molar-refractivity contribution in [2.45, 2.75) is 51.5 Å². The molecule has 0 aromatic carbocycles. The van der Waals surface area contributed by atoms with E-state index in [1.807, 2.05) is 0 Å². The van der Waals surface area contributed by atoms with Gasteiger partial charge >= 0.3 is 5.97 Å². The first-order valence-corrected chi connectivity index (χ1v) is 7.99. The van der Waals surface area contributed by atoms with Gasteiger partial charge in [0.05, 0.1) is 24.9 Å². The monoisotopic (exact) mass is 304 g/mol. The molecule has 0 atom stereocenters. The molecule has 0 saturated heterocycles. The van der Waals surface area contributed by atoms with Crippen LogP contribution in [0, 0.1) is 5.92 Å². The van der Waals surface area contributed by atoms with E-state index < -0.39 is 5.97 Å². The maximum absolute atomic E-state index is 11.9. The predicted octanol–water partition coefficient (Wildman–Crippen LogP) is 2.84. The van der Waals surface area contributed by atoms with Crippen LogP contribution in [-0.2, 0) is 16.1 Å². The minimum absolute atomic E-state index is 0.0517. The zero-order valence-corrected chi connectivity index (χ0v) is 13.1. The number of esters is 1. The highest BCUT2D eigenvalue weighted by Gasteiger charge is 2.15. The van der Waals surface area contributed by atoms with Gasteiger partial charge in [-0.25, -0.2) is 4.79 Å². The molecule has 22 heavy (non-hydrogen) atoms. The van der Waals surface area contributed by atoms with E-state index >= 15 is 0 Å². The van der Waals surface area contributed by atoms with E-state index in [1.165, 1.54) is 39.2 Å². The molecule has 0 spiro atoms. The summed E-state index contributed by atoms with van der Waals surface area (Å²) in [6.45, 7) is 0.342. The predicted molar refractivity (Wildman–Crippen MR) is 83.2 cm³/mol. The van der Waals surface area contributed by atoms with E-state index in [4.69, 9.17) is 0 Å². The highest BCUT2D eigenvalue weighted by molar-refractivity contribution is 5.89. The van der Waals surface area contributed by atoms with Gasteiger partial charge in [0.25, 0.3) is 0 Å². The summed E-state index contributed by atoms with van der Waals surface area (Å²) in [6, 6.07) is 3.24. The minimum atomic E-state index is -0.396. The molecule has 1 saturated carbocycles. The molecule has 0 aliphatic heterocycles. The molecule has 1 aliphatic carbocycles. The van der Waals surface area contributed by atoms with E-state index in [1.54, 1.807) is 18.3 Å². The fourth-order valence-corrected chi connectivity index (χ4v) is 2.91. The maximum atomic E-state index is 11.9. The van der Waals surface area contributed by atoms with Gasteiger partial charge in [0.15, 0.2) is 0 Å². The van der Waals surface area contributed by atoms with Crippen LogP contribution in [0.25, 0.3) is 0 Å². The highest BCUT2D eigenvalue weighted by Crippen LogP contribution is 2.27. The largest absolute Gasteiger partial charge is 0.465 e. The van der Waals surface area contributed by atoms with Crippen molar-refractivity contribution in [2.24, 2.45) is 5.92 Å². The van der Waals surface area contributed by atoms with Crippen molar-refractivity contribution >= 4 is 11.9 Å². The molecular weight excluding hydrogens is 280 g/mol. The van der Waals surface area contributed by atoms with Crippen LogP contribution >= 0.6 is 0 Å². The lowest BCUT2D eigenvalue weighted by Gasteiger charge is -2.20. The standard InChI is InChI=1S/C17H24N2O3/c1-22-17(21)14-9-10-18-15(11-14)12-19-16(20)8-7-13-5-3-2-4-6-13/h9-11,13H,2-8,12H2,1H3,(H,19,20). The lowest BCUT2D eigenvalue weighted by atomic mass is 9.86. The molecule has 1 aromatic heterocycles. The molecule has 2 rings (SSSR count). The number of pyridine rings is 1. The van der Waals surface area contributed by atoms with Crippen molar-refractivity contribution in [3.05, 3.63) is 29.6 Å². The van der Waals surface area contributed by atoms with Crippen molar-refractivity contribution in [3.8, 4) is 0 Å². The molecule has 0 bridgehead atoms. The van der Waals surface area contributed by atoms with Crippen LogP contribution in [-0.4, -0.2) is 24.0 Å². The number of hydrogen-bond acceptors (Lipinski definition) is 4. The Morgan fingerprint density at radius 2 is 2.09 bits per heavy atom. The molecule has 0 radical (unpaired) electrons. The van der Waals surface area contributed by atoms with Gasteiger partial charge in [-0.3, -0.25) is 9.78 Å². The third-order valence-electron chi connectivity index (χ3n) is 4.21. The Labute approximate surface area is 131 Å². The zero-order chi connectivity index (χ0) is 15.8. The van der Waals surface area contributed by atoms with Crippen molar-refractivity contribution in [3.63, 3.8) is 0 Å². The Hall–Kier alpha value is -1.91. The molecule has 5 nitrogen and oxygen atoms in total. The van der Waals surface area contributed by atoms with Crippen LogP contribution in [0.1, 0.15) is 61.0 Å². The summed E-state index contributed by atoms with van der Waals surface area (Å²) in [5.41, 5.74) is 1.11. The van der Waals surface area contributed by atoms with Crippen LogP contribution in [0.4, 0.5) is 0 Å². The van der Waals surface area contributed by atoms with E-state index in [0.29, 0.717) is 30.1 Å². The molecule has 1 fully saturated rings. The Kier molecular flexibility index (Phi) is 6.37. The number of rotatable bonds is 6. The number of nitrogens with zero attached hydrogens (tertiary/aromatic N) is 1. The lowest BCUT2D eigenvalue weighted by molar-refractivity contribution is -0.121. The second-order valence-corrected chi connectivity index (χ2v) is 5.85. The summed E-state index contributed by atoms with van der Waals surface area (Å²) in [7, 11) is 1.34. The third-order valence-corrected chi connectivity index (χ3v) is 4.21.